The predicted molar refractivity (Wildman–Crippen MR) is 96.5 cm³/mol. The van der Waals surface area contributed by atoms with Crippen molar-refractivity contribution in [1.82, 2.24) is 10.2 Å². The lowest BCUT2D eigenvalue weighted by Crippen LogP contribution is -3.18. The molecule has 1 saturated carbocycles. The van der Waals surface area contributed by atoms with Gasteiger partial charge in [0.05, 0.1) is 31.9 Å². The van der Waals surface area contributed by atoms with Crippen molar-refractivity contribution in [2.45, 2.75) is 51.1 Å². The molecule has 3 atom stereocenters. The molecule has 0 spiro atoms. The Labute approximate surface area is 145 Å². The van der Waals surface area contributed by atoms with Gasteiger partial charge >= 0.3 is 0 Å². The second kappa shape index (κ2) is 7.23. The van der Waals surface area contributed by atoms with E-state index >= 15 is 0 Å². The van der Waals surface area contributed by atoms with Crippen molar-refractivity contribution < 1.29 is 13.3 Å². The Bertz CT molecular complexity index is 529. The normalized spacial score (nSPS) is 35.2. The largest absolute Gasteiger partial charge is 0.360 e. The number of piperazine rings is 1. The molecule has 0 amide bonds. The molecule has 1 aliphatic carbocycles. The molecule has 3 aliphatic rings. The van der Waals surface area contributed by atoms with Crippen LogP contribution in [0.3, 0.4) is 0 Å². The molecule has 2 heterocycles. The maximum atomic E-state index is 11.7. The highest BCUT2D eigenvalue weighted by molar-refractivity contribution is 7.91. The Balaban J connectivity index is 1.46. The van der Waals surface area contributed by atoms with Gasteiger partial charge < -0.3 is 15.1 Å². The van der Waals surface area contributed by atoms with Gasteiger partial charge in [-0.25, -0.2) is 8.42 Å². The molecule has 0 bridgehead atoms. The van der Waals surface area contributed by atoms with Gasteiger partial charge in [-0.3, -0.25) is 0 Å². The van der Waals surface area contributed by atoms with E-state index < -0.39 is 9.84 Å². The van der Waals surface area contributed by atoms with Crippen molar-refractivity contribution in [3.63, 3.8) is 0 Å². The highest BCUT2D eigenvalue weighted by Crippen LogP contribution is 2.23. The summed E-state index contributed by atoms with van der Waals surface area (Å²) in [6.45, 7) is 6.21. The van der Waals surface area contributed by atoms with E-state index in [4.69, 9.17) is 12.2 Å². The number of quaternary nitrogens is 1. The summed E-state index contributed by atoms with van der Waals surface area (Å²) in [7, 11) is -2.77. The van der Waals surface area contributed by atoms with Crippen LogP contribution in [0.2, 0.25) is 0 Å². The van der Waals surface area contributed by atoms with Crippen LogP contribution in [0.5, 0.6) is 0 Å². The second-order valence-electron chi connectivity index (χ2n) is 7.56. The molecule has 0 aromatic carbocycles. The Hall–Kier alpha value is -0.400. The minimum Gasteiger partial charge on any atom is -0.360 e. The first-order valence-electron chi connectivity index (χ1n) is 9.05. The van der Waals surface area contributed by atoms with Crippen LogP contribution < -0.4 is 10.2 Å². The van der Waals surface area contributed by atoms with Gasteiger partial charge in [-0.2, -0.15) is 0 Å². The summed E-state index contributed by atoms with van der Waals surface area (Å²) in [5, 5.41) is 4.49. The van der Waals surface area contributed by atoms with Gasteiger partial charge in [-0.15, -0.1) is 0 Å². The van der Waals surface area contributed by atoms with Crippen molar-refractivity contribution in [2.75, 3.05) is 37.7 Å². The van der Waals surface area contributed by atoms with Crippen LogP contribution in [0.25, 0.3) is 0 Å². The van der Waals surface area contributed by atoms with E-state index in [0.29, 0.717) is 29.5 Å². The van der Waals surface area contributed by atoms with E-state index in [-0.39, 0.29) is 0 Å². The van der Waals surface area contributed by atoms with Gasteiger partial charge in [0.1, 0.15) is 11.8 Å². The molecule has 132 valence electrons. The fourth-order valence-electron chi connectivity index (χ4n) is 4.30. The number of rotatable bonds is 2. The molecular formula is C16H30N3O2S2+. The number of nitrogens with zero attached hydrogens (tertiary/aromatic N) is 1. The van der Waals surface area contributed by atoms with E-state index in [9.17, 15) is 8.42 Å². The van der Waals surface area contributed by atoms with Crippen molar-refractivity contribution in [3.8, 4) is 0 Å². The Kier molecular flexibility index (Phi) is 5.48. The molecule has 0 unspecified atom stereocenters. The lowest BCUT2D eigenvalue weighted by molar-refractivity contribution is -0.925. The smallest absolute Gasteiger partial charge is 0.169 e. The van der Waals surface area contributed by atoms with Crippen LogP contribution in [0.1, 0.15) is 39.0 Å². The average Bonchev–Trinajstić information content (AvgIpc) is 2.90. The van der Waals surface area contributed by atoms with E-state index in [2.05, 4.69) is 17.1 Å². The topological polar surface area (TPSA) is 53.9 Å². The fraction of sp³-hybridized carbons (Fsp3) is 0.938. The van der Waals surface area contributed by atoms with Crippen LogP contribution in [0.4, 0.5) is 0 Å². The molecule has 3 rings (SSSR count). The fourth-order valence-corrected chi connectivity index (χ4v) is 6.46. The third-order valence-electron chi connectivity index (χ3n) is 5.92. The molecule has 7 heteroatoms. The zero-order valence-electron chi connectivity index (χ0n) is 14.1. The lowest BCUT2D eigenvalue weighted by atomic mass is 9.86. The van der Waals surface area contributed by atoms with Gasteiger partial charge in [-0.1, -0.05) is 19.8 Å². The monoisotopic (exact) mass is 360 g/mol. The molecule has 23 heavy (non-hydrogen) atoms. The molecule has 2 N–H and O–H groups in total. The first-order chi connectivity index (χ1) is 10.9. The average molecular weight is 361 g/mol. The quantitative estimate of drug-likeness (QED) is 0.670. The summed E-state index contributed by atoms with van der Waals surface area (Å²) in [4.78, 5) is 3.74. The minimum atomic E-state index is -2.77. The van der Waals surface area contributed by atoms with Crippen LogP contribution in [-0.4, -0.2) is 68.2 Å². The van der Waals surface area contributed by atoms with Crippen molar-refractivity contribution >= 4 is 27.2 Å². The van der Waals surface area contributed by atoms with E-state index in [0.717, 1.165) is 37.7 Å². The maximum Gasteiger partial charge on any atom is 0.169 e. The van der Waals surface area contributed by atoms with Crippen molar-refractivity contribution in [1.29, 1.82) is 0 Å². The molecule has 0 radical (unpaired) electrons. The molecular weight excluding hydrogens is 330 g/mol. The first kappa shape index (κ1) is 17.4. The SMILES string of the molecule is C[C@H]1CCCC[C@@H]1NC(=S)N1CC[NH+]([C@@H]2CCS(=O)(=O)C2)CC1. The summed E-state index contributed by atoms with van der Waals surface area (Å²) >= 11 is 5.63. The predicted octanol–water partition coefficient (Wildman–Crippen LogP) is -0.173. The van der Waals surface area contributed by atoms with E-state index in [1.165, 1.54) is 30.6 Å². The molecule has 0 aromatic rings. The third kappa shape index (κ3) is 4.37. The molecule has 3 fully saturated rings. The minimum absolute atomic E-state index is 0.307. The lowest BCUT2D eigenvalue weighted by Gasteiger charge is -2.38. The second-order valence-corrected chi connectivity index (χ2v) is 10.2. The number of nitrogens with one attached hydrogen (secondary N) is 2. The zero-order valence-corrected chi connectivity index (χ0v) is 15.7. The Morgan fingerprint density at radius 1 is 1.17 bits per heavy atom. The summed E-state index contributed by atoms with van der Waals surface area (Å²) in [6.07, 6.45) is 6.01. The maximum absolute atomic E-state index is 11.7. The molecule has 0 aromatic heterocycles. The summed E-state index contributed by atoms with van der Waals surface area (Å²) in [5.74, 6) is 1.46. The number of sulfone groups is 1. The van der Waals surface area contributed by atoms with Gasteiger partial charge in [0.15, 0.2) is 14.9 Å². The van der Waals surface area contributed by atoms with Gasteiger partial charge in [-0.05, 0) is 31.0 Å². The number of thiocarbonyl (C=S) groups is 1. The van der Waals surface area contributed by atoms with Crippen LogP contribution in [0, 0.1) is 5.92 Å². The van der Waals surface area contributed by atoms with Gasteiger partial charge in [0.25, 0.3) is 0 Å². The Morgan fingerprint density at radius 2 is 1.87 bits per heavy atom. The highest BCUT2D eigenvalue weighted by atomic mass is 32.2. The van der Waals surface area contributed by atoms with Gasteiger partial charge in [0, 0.05) is 12.5 Å². The third-order valence-corrected chi connectivity index (χ3v) is 8.07. The van der Waals surface area contributed by atoms with Crippen LogP contribution in [-0.2, 0) is 9.84 Å². The standard InChI is InChI=1S/C16H29N3O2S2/c1-13-4-2-3-5-15(13)17-16(22)19-9-7-18(8-10-19)14-6-11-23(20,21)12-14/h13-15H,2-12H2,1H3,(H,17,22)/p+1/t13-,14+,15-/m0/s1. The number of hydrogen-bond donors (Lipinski definition) is 2. The van der Waals surface area contributed by atoms with Crippen LogP contribution in [0.15, 0.2) is 0 Å². The van der Waals surface area contributed by atoms with Gasteiger partial charge in [0.2, 0.25) is 0 Å². The Morgan fingerprint density at radius 3 is 2.48 bits per heavy atom. The molecule has 2 saturated heterocycles. The first-order valence-corrected chi connectivity index (χ1v) is 11.3. The van der Waals surface area contributed by atoms with E-state index in [1.54, 1.807) is 0 Å². The van der Waals surface area contributed by atoms with Crippen molar-refractivity contribution in [2.24, 2.45) is 5.92 Å². The summed E-state index contributed by atoms with van der Waals surface area (Å²) in [5.41, 5.74) is 0. The summed E-state index contributed by atoms with van der Waals surface area (Å²) in [6, 6.07) is 0.837. The van der Waals surface area contributed by atoms with Crippen molar-refractivity contribution in [3.05, 3.63) is 0 Å². The van der Waals surface area contributed by atoms with E-state index in [1.807, 2.05) is 0 Å². The highest BCUT2D eigenvalue weighted by Gasteiger charge is 2.37. The summed E-state index contributed by atoms with van der Waals surface area (Å²) < 4.78 is 23.3. The zero-order chi connectivity index (χ0) is 16.4. The van der Waals surface area contributed by atoms with Crippen LogP contribution >= 0.6 is 12.2 Å². The molecule has 2 aliphatic heterocycles. The molecule has 5 nitrogen and oxygen atoms in total. The number of hydrogen-bond acceptors (Lipinski definition) is 3.